The molecule has 2 unspecified atom stereocenters. The Kier molecular flexibility index (Phi) is 4.95. The molecule has 1 aliphatic rings. The summed E-state index contributed by atoms with van der Waals surface area (Å²) in [4.78, 5) is 0. The van der Waals surface area contributed by atoms with Crippen molar-refractivity contribution in [3.63, 3.8) is 0 Å². The van der Waals surface area contributed by atoms with Crippen molar-refractivity contribution in [1.29, 1.82) is 0 Å². The van der Waals surface area contributed by atoms with Gasteiger partial charge in [-0.05, 0) is 50.7 Å². The van der Waals surface area contributed by atoms with Gasteiger partial charge < -0.3 is 5.73 Å². The standard InChI is InChI=1S/C14H24N4O2S/c1-10-7-13(11(2)17-16-10)14(15)8-12-5-4-6-18(9-12)21(3,19)20/h7,12,14H,4-6,8-9,15H2,1-3H3. The fourth-order valence-electron chi connectivity index (χ4n) is 2.95. The number of hydrogen-bond acceptors (Lipinski definition) is 5. The highest BCUT2D eigenvalue weighted by molar-refractivity contribution is 7.88. The van der Waals surface area contributed by atoms with Crippen molar-refractivity contribution >= 4 is 10.0 Å². The zero-order valence-corrected chi connectivity index (χ0v) is 13.7. The molecule has 0 radical (unpaired) electrons. The maximum Gasteiger partial charge on any atom is 0.211 e. The maximum atomic E-state index is 11.7. The van der Waals surface area contributed by atoms with Crippen molar-refractivity contribution in [2.24, 2.45) is 11.7 Å². The minimum atomic E-state index is -3.10. The lowest BCUT2D eigenvalue weighted by atomic mass is 9.89. The van der Waals surface area contributed by atoms with Gasteiger partial charge in [0.1, 0.15) is 0 Å². The predicted octanol–water partition coefficient (Wildman–Crippen LogP) is 1.15. The minimum Gasteiger partial charge on any atom is -0.324 e. The third-order valence-electron chi connectivity index (χ3n) is 4.08. The Morgan fingerprint density at radius 3 is 2.81 bits per heavy atom. The van der Waals surface area contributed by atoms with Crippen LogP contribution in [0.5, 0.6) is 0 Å². The molecule has 0 amide bonds. The van der Waals surface area contributed by atoms with E-state index in [4.69, 9.17) is 5.73 Å². The van der Waals surface area contributed by atoms with Gasteiger partial charge in [-0.25, -0.2) is 12.7 Å². The van der Waals surface area contributed by atoms with Gasteiger partial charge in [-0.15, -0.1) is 0 Å². The molecule has 1 aliphatic heterocycles. The molecule has 0 saturated carbocycles. The second-order valence-electron chi connectivity index (χ2n) is 6.00. The molecule has 2 rings (SSSR count). The summed E-state index contributed by atoms with van der Waals surface area (Å²) in [6.07, 6.45) is 3.97. The molecule has 2 atom stereocenters. The van der Waals surface area contributed by atoms with Crippen LogP contribution in [0.2, 0.25) is 0 Å². The second-order valence-corrected chi connectivity index (χ2v) is 7.98. The van der Waals surface area contributed by atoms with Crippen LogP contribution >= 0.6 is 0 Å². The van der Waals surface area contributed by atoms with Crippen molar-refractivity contribution in [2.75, 3.05) is 19.3 Å². The molecule has 1 fully saturated rings. The Morgan fingerprint density at radius 1 is 1.43 bits per heavy atom. The fraction of sp³-hybridized carbons (Fsp3) is 0.714. The van der Waals surface area contributed by atoms with Crippen LogP contribution in [0, 0.1) is 19.8 Å². The Bertz CT molecular complexity index is 603. The third-order valence-corrected chi connectivity index (χ3v) is 5.35. The lowest BCUT2D eigenvalue weighted by molar-refractivity contribution is 0.247. The molecule has 0 spiro atoms. The van der Waals surface area contributed by atoms with Crippen LogP contribution in [0.3, 0.4) is 0 Å². The molecule has 7 heteroatoms. The summed E-state index contributed by atoms with van der Waals surface area (Å²) in [7, 11) is -3.10. The first kappa shape index (κ1) is 16.3. The van der Waals surface area contributed by atoms with E-state index in [1.54, 1.807) is 4.31 Å². The largest absolute Gasteiger partial charge is 0.324 e. The summed E-state index contributed by atoms with van der Waals surface area (Å²) in [6, 6.07) is 1.85. The molecular weight excluding hydrogens is 288 g/mol. The fourth-order valence-corrected chi connectivity index (χ4v) is 3.89. The van der Waals surface area contributed by atoms with Crippen LogP contribution in [-0.4, -0.2) is 42.3 Å². The van der Waals surface area contributed by atoms with Crippen LogP contribution in [0.1, 0.15) is 42.3 Å². The van der Waals surface area contributed by atoms with Crippen molar-refractivity contribution in [3.8, 4) is 0 Å². The molecule has 2 heterocycles. The molecule has 1 saturated heterocycles. The van der Waals surface area contributed by atoms with E-state index in [9.17, 15) is 8.42 Å². The van der Waals surface area contributed by atoms with E-state index in [2.05, 4.69) is 10.2 Å². The van der Waals surface area contributed by atoms with Crippen LogP contribution in [-0.2, 0) is 10.0 Å². The molecule has 0 bridgehead atoms. The molecule has 21 heavy (non-hydrogen) atoms. The number of piperidine rings is 1. The zero-order chi connectivity index (χ0) is 15.6. The molecular formula is C14H24N4O2S. The van der Waals surface area contributed by atoms with E-state index in [0.717, 1.165) is 36.2 Å². The first-order valence-electron chi connectivity index (χ1n) is 7.29. The van der Waals surface area contributed by atoms with Crippen molar-refractivity contribution in [2.45, 2.75) is 39.2 Å². The quantitative estimate of drug-likeness (QED) is 0.901. The average Bonchev–Trinajstić information content (AvgIpc) is 2.41. The molecule has 0 aromatic carbocycles. The highest BCUT2D eigenvalue weighted by Gasteiger charge is 2.27. The summed E-state index contributed by atoms with van der Waals surface area (Å²) in [5.74, 6) is 0.302. The number of hydrogen-bond donors (Lipinski definition) is 1. The molecule has 6 nitrogen and oxygen atoms in total. The Hall–Kier alpha value is -1.05. The SMILES string of the molecule is Cc1cc(C(N)CC2CCCN(S(C)(=O)=O)C2)c(C)nn1. The maximum absolute atomic E-state index is 11.7. The first-order chi connectivity index (χ1) is 9.77. The lowest BCUT2D eigenvalue weighted by Gasteiger charge is -2.32. The van der Waals surface area contributed by atoms with Gasteiger partial charge in [-0.3, -0.25) is 0 Å². The van der Waals surface area contributed by atoms with Crippen molar-refractivity contribution in [1.82, 2.24) is 14.5 Å². The highest BCUT2D eigenvalue weighted by Crippen LogP contribution is 2.28. The van der Waals surface area contributed by atoms with Gasteiger partial charge in [-0.1, -0.05) is 0 Å². The van der Waals surface area contributed by atoms with E-state index >= 15 is 0 Å². The number of rotatable bonds is 4. The number of nitrogens with zero attached hydrogens (tertiary/aromatic N) is 3. The molecule has 118 valence electrons. The normalized spacial score (nSPS) is 22.2. The summed E-state index contributed by atoms with van der Waals surface area (Å²) in [5.41, 5.74) is 9.03. The molecule has 0 aliphatic carbocycles. The summed E-state index contributed by atoms with van der Waals surface area (Å²) in [6.45, 7) is 5.00. The first-order valence-corrected chi connectivity index (χ1v) is 9.13. The number of nitrogens with two attached hydrogens (primary N) is 1. The van der Waals surface area contributed by atoms with Gasteiger partial charge in [0.2, 0.25) is 10.0 Å². The Labute approximate surface area is 126 Å². The summed E-state index contributed by atoms with van der Waals surface area (Å²) < 4.78 is 24.9. The van der Waals surface area contributed by atoms with Gasteiger partial charge in [0, 0.05) is 19.1 Å². The number of aryl methyl sites for hydroxylation is 2. The highest BCUT2D eigenvalue weighted by atomic mass is 32.2. The molecule has 2 N–H and O–H groups in total. The summed E-state index contributed by atoms with van der Waals surface area (Å²) in [5, 5.41) is 8.13. The van der Waals surface area contributed by atoms with Crippen molar-refractivity contribution in [3.05, 3.63) is 23.0 Å². The van der Waals surface area contributed by atoms with Crippen LogP contribution in [0.4, 0.5) is 0 Å². The second kappa shape index (κ2) is 6.37. The van der Waals surface area contributed by atoms with Gasteiger partial charge in [-0.2, -0.15) is 10.2 Å². The lowest BCUT2D eigenvalue weighted by Crippen LogP contribution is -2.40. The van der Waals surface area contributed by atoms with Gasteiger partial charge in [0.15, 0.2) is 0 Å². The van der Waals surface area contributed by atoms with E-state index in [1.807, 2.05) is 19.9 Å². The van der Waals surface area contributed by atoms with E-state index < -0.39 is 10.0 Å². The van der Waals surface area contributed by atoms with E-state index in [1.165, 1.54) is 6.26 Å². The van der Waals surface area contributed by atoms with Crippen LogP contribution < -0.4 is 5.73 Å². The number of aromatic nitrogens is 2. The Balaban J connectivity index is 2.05. The van der Waals surface area contributed by atoms with Gasteiger partial charge in [0.05, 0.1) is 17.6 Å². The van der Waals surface area contributed by atoms with Crippen LogP contribution in [0.25, 0.3) is 0 Å². The third kappa shape index (κ3) is 4.21. The van der Waals surface area contributed by atoms with E-state index in [-0.39, 0.29) is 6.04 Å². The minimum absolute atomic E-state index is 0.122. The molecule has 1 aromatic heterocycles. The topological polar surface area (TPSA) is 89.2 Å². The van der Waals surface area contributed by atoms with Crippen molar-refractivity contribution < 1.29 is 8.42 Å². The average molecular weight is 312 g/mol. The zero-order valence-electron chi connectivity index (χ0n) is 12.9. The predicted molar refractivity (Wildman–Crippen MR) is 82.2 cm³/mol. The van der Waals surface area contributed by atoms with Gasteiger partial charge in [0.25, 0.3) is 0 Å². The summed E-state index contributed by atoms with van der Waals surface area (Å²) >= 11 is 0. The smallest absolute Gasteiger partial charge is 0.211 e. The van der Waals surface area contributed by atoms with E-state index in [0.29, 0.717) is 19.0 Å². The Morgan fingerprint density at radius 2 is 2.14 bits per heavy atom. The van der Waals surface area contributed by atoms with Gasteiger partial charge >= 0.3 is 0 Å². The number of sulfonamides is 1. The molecule has 1 aromatic rings. The van der Waals surface area contributed by atoms with Crippen LogP contribution in [0.15, 0.2) is 6.07 Å². The monoisotopic (exact) mass is 312 g/mol.